The quantitative estimate of drug-likeness (QED) is 0.387. The minimum absolute atomic E-state index is 0. The minimum Gasteiger partial charge on any atom is -0.356 e. The van der Waals surface area contributed by atoms with Crippen LogP contribution in [0.15, 0.2) is 53.5 Å². The molecule has 2 aromatic carbocycles. The standard InChI is InChI=1S/C21H23FN4.HI/c1-24-20(25-14-17-9-8-16(13-23)12-19(17)22)26-15-21(10-5-11-21)18-6-3-2-4-7-18;/h2-4,6-9,12H,5,10-11,14-15H2,1H3,(H2,24,25,26);1H. The summed E-state index contributed by atoms with van der Waals surface area (Å²) >= 11 is 0. The monoisotopic (exact) mass is 478 g/mol. The summed E-state index contributed by atoms with van der Waals surface area (Å²) in [6.45, 7) is 1.11. The van der Waals surface area contributed by atoms with E-state index in [4.69, 9.17) is 5.26 Å². The highest BCUT2D eigenvalue weighted by Gasteiger charge is 2.38. The smallest absolute Gasteiger partial charge is 0.191 e. The van der Waals surface area contributed by atoms with Crippen molar-refractivity contribution in [2.45, 2.75) is 31.2 Å². The van der Waals surface area contributed by atoms with Crippen LogP contribution in [-0.2, 0) is 12.0 Å². The largest absolute Gasteiger partial charge is 0.356 e. The maximum Gasteiger partial charge on any atom is 0.191 e. The molecule has 6 heteroatoms. The van der Waals surface area contributed by atoms with Crippen LogP contribution >= 0.6 is 24.0 Å². The van der Waals surface area contributed by atoms with Crippen LogP contribution in [0.5, 0.6) is 0 Å². The molecule has 27 heavy (non-hydrogen) atoms. The van der Waals surface area contributed by atoms with Gasteiger partial charge in [-0.3, -0.25) is 4.99 Å². The Morgan fingerprint density at radius 1 is 1.19 bits per heavy atom. The Morgan fingerprint density at radius 2 is 1.93 bits per heavy atom. The Morgan fingerprint density at radius 3 is 2.48 bits per heavy atom. The van der Waals surface area contributed by atoms with Crippen LogP contribution in [0.1, 0.15) is 36.0 Å². The zero-order chi connectivity index (χ0) is 18.4. The summed E-state index contributed by atoms with van der Waals surface area (Å²) in [5.41, 5.74) is 2.34. The van der Waals surface area contributed by atoms with Gasteiger partial charge in [0.1, 0.15) is 5.82 Å². The average Bonchev–Trinajstić information content (AvgIpc) is 2.65. The predicted molar refractivity (Wildman–Crippen MR) is 117 cm³/mol. The van der Waals surface area contributed by atoms with E-state index in [1.54, 1.807) is 19.2 Å². The molecule has 0 aromatic heterocycles. The zero-order valence-electron chi connectivity index (χ0n) is 15.3. The van der Waals surface area contributed by atoms with E-state index in [0.717, 1.165) is 19.4 Å². The van der Waals surface area contributed by atoms with Gasteiger partial charge in [0.2, 0.25) is 0 Å². The first-order chi connectivity index (χ1) is 12.7. The molecule has 1 aliphatic carbocycles. The summed E-state index contributed by atoms with van der Waals surface area (Å²) in [5.74, 6) is 0.266. The highest BCUT2D eigenvalue weighted by molar-refractivity contribution is 14.0. The molecule has 0 heterocycles. The number of hydrogen-bond donors (Lipinski definition) is 2. The third-order valence-electron chi connectivity index (χ3n) is 5.14. The first-order valence-corrected chi connectivity index (χ1v) is 8.85. The van der Waals surface area contributed by atoms with Crippen LogP contribution < -0.4 is 10.6 Å². The molecule has 0 unspecified atom stereocenters. The summed E-state index contributed by atoms with van der Waals surface area (Å²) in [6.07, 6.45) is 3.55. The normalized spacial score (nSPS) is 15.1. The van der Waals surface area contributed by atoms with E-state index in [1.807, 2.05) is 12.1 Å². The number of nitriles is 1. The summed E-state index contributed by atoms with van der Waals surface area (Å²) in [4.78, 5) is 4.24. The molecule has 3 rings (SSSR count). The van der Waals surface area contributed by atoms with Crippen LogP contribution in [0.2, 0.25) is 0 Å². The summed E-state index contributed by atoms with van der Waals surface area (Å²) in [7, 11) is 1.71. The second kappa shape index (κ2) is 9.70. The molecule has 2 aromatic rings. The lowest BCUT2D eigenvalue weighted by Crippen LogP contribution is -2.48. The highest BCUT2D eigenvalue weighted by Crippen LogP contribution is 2.43. The molecule has 0 radical (unpaired) electrons. The van der Waals surface area contributed by atoms with Crippen molar-refractivity contribution in [3.63, 3.8) is 0 Å². The SMILES string of the molecule is CN=C(NCc1ccc(C#N)cc1F)NCC1(c2ccccc2)CCC1.I. The molecule has 142 valence electrons. The van der Waals surface area contributed by atoms with E-state index < -0.39 is 0 Å². The van der Waals surface area contributed by atoms with Gasteiger partial charge in [0.15, 0.2) is 5.96 Å². The maximum absolute atomic E-state index is 14.0. The van der Waals surface area contributed by atoms with Gasteiger partial charge in [-0.25, -0.2) is 4.39 Å². The Hall–Kier alpha value is -2.14. The number of rotatable bonds is 5. The third kappa shape index (κ3) is 4.98. The second-order valence-electron chi connectivity index (χ2n) is 6.70. The van der Waals surface area contributed by atoms with E-state index in [1.165, 1.54) is 18.1 Å². The van der Waals surface area contributed by atoms with Gasteiger partial charge < -0.3 is 10.6 Å². The summed E-state index contributed by atoms with van der Waals surface area (Å²) < 4.78 is 14.0. The maximum atomic E-state index is 14.0. The van der Waals surface area contributed by atoms with Gasteiger partial charge >= 0.3 is 0 Å². The van der Waals surface area contributed by atoms with Gasteiger partial charge in [-0.2, -0.15) is 5.26 Å². The molecule has 0 spiro atoms. The molecule has 0 saturated heterocycles. The molecule has 4 nitrogen and oxygen atoms in total. The lowest BCUT2D eigenvalue weighted by molar-refractivity contribution is 0.244. The van der Waals surface area contributed by atoms with Gasteiger partial charge in [-0.05, 0) is 30.5 Å². The lowest BCUT2D eigenvalue weighted by atomic mass is 9.64. The Labute approximate surface area is 176 Å². The van der Waals surface area contributed by atoms with Gasteiger partial charge in [0, 0.05) is 31.1 Å². The number of guanidine groups is 1. The number of hydrogen-bond acceptors (Lipinski definition) is 2. The fraction of sp³-hybridized carbons (Fsp3) is 0.333. The first kappa shape index (κ1) is 21.2. The molecule has 1 fully saturated rings. The average molecular weight is 478 g/mol. The number of nitrogens with zero attached hydrogens (tertiary/aromatic N) is 2. The molecule has 0 atom stereocenters. The molecular weight excluding hydrogens is 454 g/mol. The van der Waals surface area contributed by atoms with Gasteiger partial charge in [0.25, 0.3) is 0 Å². The fourth-order valence-corrected chi connectivity index (χ4v) is 3.38. The summed E-state index contributed by atoms with van der Waals surface area (Å²) in [5, 5.41) is 15.4. The van der Waals surface area contributed by atoms with Crippen molar-refractivity contribution in [1.29, 1.82) is 5.26 Å². The van der Waals surface area contributed by atoms with E-state index in [9.17, 15) is 4.39 Å². The first-order valence-electron chi connectivity index (χ1n) is 8.85. The molecule has 1 aliphatic rings. The van der Waals surface area contributed by atoms with E-state index >= 15 is 0 Å². The van der Waals surface area contributed by atoms with Gasteiger partial charge in [0.05, 0.1) is 11.6 Å². The molecule has 1 saturated carbocycles. The topological polar surface area (TPSA) is 60.2 Å². The van der Waals surface area contributed by atoms with Gasteiger partial charge in [-0.15, -0.1) is 24.0 Å². The van der Waals surface area contributed by atoms with Crippen LogP contribution in [-0.4, -0.2) is 19.6 Å². The number of halogens is 2. The molecule has 2 N–H and O–H groups in total. The van der Waals surface area contributed by atoms with Crippen LogP contribution in [0.25, 0.3) is 0 Å². The predicted octanol–water partition coefficient (Wildman–Crippen LogP) is 4.10. The molecule has 0 amide bonds. The summed E-state index contributed by atoms with van der Waals surface area (Å²) in [6, 6.07) is 17.0. The second-order valence-corrected chi connectivity index (χ2v) is 6.70. The molecular formula is C21H24FIN4. The van der Waals surface area contributed by atoms with E-state index in [0.29, 0.717) is 23.6 Å². The van der Waals surface area contributed by atoms with Crippen molar-refractivity contribution in [3.05, 3.63) is 71.0 Å². The Bertz CT molecular complexity index is 826. The fourth-order valence-electron chi connectivity index (χ4n) is 3.38. The van der Waals surface area contributed by atoms with Crippen LogP contribution in [0, 0.1) is 17.1 Å². The lowest BCUT2D eigenvalue weighted by Gasteiger charge is -2.43. The van der Waals surface area contributed by atoms with Crippen LogP contribution in [0.3, 0.4) is 0 Å². The van der Waals surface area contributed by atoms with Crippen molar-refractivity contribution in [2.75, 3.05) is 13.6 Å². The number of nitrogens with one attached hydrogen (secondary N) is 2. The minimum atomic E-state index is -0.383. The number of aliphatic imine (C=N–C) groups is 1. The van der Waals surface area contributed by atoms with Crippen molar-refractivity contribution in [1.82, 2.24) is 10.6 Å². The Kier molecular flexibility index (Phi) is 7.60. The number of benzene rings is 2. The third-order valence-corrected chi connectivity index (χ3v) is 5.14. The molecule has 0 aliphatic heterocycles. The van der Waals surface area contributed by atoms with E-state index in [2.05, 4.69) is 39.9 Å². The zero-order valence-corrected chi connectivity index (χ0v) is 17.7. The molecule has 0 bridgehead atoms. The van der Waals surface area contributed by atoms with Crippen molar-refractivity contribution in [2.24, 2.45) is 4.99 Å². The van der Waals surface area contributed by atoms with Crippen molar-refractivity contribution >= 4 is 29.9 Å². The van der Waals surface area contributed by atoms with Gasteiger partial charge in [-0.1, -0.05) is 42.8 Å². The highest BCUT2D eigenvalue weighted by atomic mass is 127. The van der Waals surface area contributed by atoms with Crippen molar-refractivity contribution < 1.29 is 4.39 Å². The van der Waals surface area contributed by atoms with Crippen molar-refractivity contribution in [3.8, 4) is 6.07 Å². The van der Waals surface area contributed by atoms with Crippen LogP contribution in [0.4, 0.5) is 4.39 Å². The van der Waals surface area contributed by atoms with E-state index in [-0.39, 0.29) is 35.2 Å². The Balaban J connectivity index is 0.00000261.